The molecule has 0 aromatic heterocycles. The molecule has 0 saturated carbocycles. The van der Waals surface area contributed by atoms with Crippen LogP contribution in [-0.2, 0) is 4.79 Å². The topological polar surface area (TPSA) is 65.0 Å². The van der Waals surface area contributed by atoms with Gasteiger partial charge >= 0.3 is 5.97 Å². The van der Waals surface area contributed by atoms with E-state index < -0.39 is 5.97 Å². The largest absolute Gasteiger partial charge is 0.493 e. The first kappa shape index (κ1) is 16.4. The zero-order valence-corrected chi connectivity index (χ0v) is 13.2. The molecule has 0 unspecified atom stereocenters. The molecule has 0 radical (unpaired) electrons. The van der Waals surface area contributed by atoms with Gasteiger partial charge in [0.25, 0.3) is 0 Å². The van der Waals surface area contributed by atoms with Gasteiger partial charge < -0.3 is 19.3 Å². The van der Waals surface area contributed by atoms with Gasteiger partial charge in [0.1, 0.15) is 0 Å². The van der Waals surface area contributed by atoms with E-state index in [1.165, 1.54) is 21.3 Å². The number of hydrogen-bond acceptors (Lipinski definition) is 4. The van der Waals surface area contributed by atoms with Gasteiger partial charge in [-0.25, -0.2) is 4.79 Å². The lowest BCUT2D eigenvalue weighted by molar-refractivity contribution is -0.130. The summed E-state index contributed by atoms with van der Waals surface area (Å²) in [7, 11) is 4.48. The Morgan fingerprint density at radius 2 is 1.52 bits per heavy atom. The fourth-order valence-electron chi connectivity index (χ4n) is 2.22. The van der Waals surface area contributed by atoms with E-state index in [4.69, 9.17) is 14.2 Å². The van der Waals surface area contributed by atoms with E-state index in [9.17, 15) is 9.90 Å². The van der Waals surface area contributed by atoms with Crippen molar-refractivity contribution in [2.75, 3.05) is 21.3 Å². The lowest BCUT2D eigenvalue weighted by Gasteiger charge is -2.14. The molecule has 23 heavy (non-hydrogen) atoms. The lowest BCUT2D eigenvalue weighted by Crippen LogP contribution is -2.02. The number of rotatable bonds is 6. The fourth-order valence-corrected chi connectivity index (χ4v) is 2.22. The fraction of sp³-hybridized carbons (Fsp3) is 0.167. The van der Waals surface area contributed by atoms with Gasteiger partial charge in [-0.3, -0.25) is 0 Å². The molecule has 0 aliphatic rings. The van der Waals surface area contributed by atoms with Crippen LogP contribution in [0.5, 0.6) is 17.2 Å². The summed E-state index contributed by atoms with van der Waals surface area (Å²) in [6.45, 7) is 0. The molecular formula is C18H18O5. The van der Waals surface area contributed by atoms with Crippen molar-refractivity contribution in [2.45, 2.75) is 0 Å². The summed E-state index contributed by atoms with van der Waals surface area (Å²) in [6.07, 6.45) is 1.60. The molecule has 2 aromatic rings. The van der Waals surface area contributed by atoms with E-state index in [-0.39, 0.29) is 5.57 Å². The highest BCUT2D eigenvalue weighted by Crippen LogP contribution is 2.40. The third-order valence-corrected chi connectivity index (χ3v) is 3.32. The Balaban J connectivity index is 2.61. The minimum atomic E-state index is -1.04. The predicted molar refractivity (Wildman–Crippen MR) is 88.0 cm³/mol. The van der Waals surface area contributed by atoms with Crippen molar-refractivity contribution in [1.29, 1.82) is 0 Å². The van der Waals surface area contributed by atoms with Crippen molar-refractivity contribution in [2.24, 2.45) is 0 Å². The first-order valence-electron chi connectivity index (χ1n) is 6.91. The van der Waals surface area contributed by atoms with Gasteiger partial charge in [0, 0.05) is 0 Å². The normalized spacial score (nSPS) is 11.0. The molecule has 5 nitrogen and oxygen atoms in total. The van der Waals surface area contributed by atoms with Crippen molar-refractivity contribution in [3.8, 4) is 17.2 Å². The third-order valence-electron chi connectivity index (χ3n) is 3.32. The van der Waals surface area contributed by atoms with Crippen LogP contribution in [0.3, 0.4) is 0 Å². The average molecular weight is 314 g/mol. The summed E-state index contributed by atoms with van der Waals surface area (Å²) >= 11 is 0. The number of ether oxygens (including phenoxy) is 3. The van der Waals surface area contributed by atoms with Crippen molar-refractivity contribution in [3.05, 3.63) is 53.6 Å². The number of carboxylic acid groups (broad SMARTS) is 1. The summed E-state index contributed by atoms with van der Waals surface area (Å²) < 4.78 is 15.8. The van der Waals surface area contributed by atoms with E-state index in [1.807, 2.05) is 30.3 Å². The van der Waals surface area contributed by atoms with Crippen LogP contribution in [0.2, 0.25) is 0 Å². The molecule has 5 heteroatoms. The van der Waals surface area contributed by atoms with Gasteiger partial charge in [0.2, 0.25) is 5.75 Å². The molecule has 0 aliphatic carbocycles. The maximum Gasteiger partial charge on any atom is 0.336 e. The molecular weight excluding hydrogens is 296 g/mol. The number of aliphatic carboxylic acids is 1. The quantitative estimate of drug-likeness (QED) is 0.654. The molecule has 0 saturated heterocycles. The average Bonchev–Trinajstić information content (AvgIpc) is 2.58. The smallest absolute Gasteiger partial charge is 0.336 e. The van der Waals surface area contributed by atoms with Gasteiger partial charge in [-0.2, -0.15) is 0 Å². The highest BCUT2D eigenvalue weighted by molar-refractivity contribution is 6.20. The molecule has 0 amide bonds. The number of benzene rings is 2. The number of carbonyl (C=O) groups is 1. The Bertz CT molecular complexity index is 694. The number of methoxy groups -OCH3 is 3. The predicted octanol–water partition coefficient (Wildman–Crippen LogP) is 3.34. The Labute approximate surface area is 134 Å². The van der Waals surface area contributed by atoms with Crippen molar-refractivity contribution in [1.82, 2.24) is 0 Å². The van der Waals surface area contributed by atoms with Crippen LogP contribution in [-0.4, -0.2) is 32.4 Å². The van der Waals surface area contributed by atoms with Crippen LogP contribution in [0.15, 0.2) is 42.5 Å². The highest BCUT2D eigenvalue weighted by Gasteiger charge is 2.18. The molecule has 0 atom stereocenters. The van der Waals surface area contributed by atoms with E-state index in [1.54, 1.807) is 18.2 Å². The van der Waals surface area contributed by atoms with Crippen LogP contribution in [0.1, 0.15) is 11.1 Å². The zero-order chi connectivity index (χ0) is 16.8. The maximum atomic E-state index is 11.7. The van der Waals surface area contributed by atoms with Gasteiger partial charge in [-0.15, -0.1) is 0 Å². The van der Waals surface area contributed by atoms with Crippen LogP contribution in [0, 0.1) is 0 Å². The Morgan fingerprint density at radius 1 is 0.957 bits per heavy atom. The standard InChI is InChI=1S/C18H18O5/c1-21-15-10-13(11-16(22-2)17(15)23-3)14(18(19)20)9-12-7-5-4-6-8-12/h4-11H,1-3H3,(H,19,20)/b14-9+. The van der Waals surface area contributed by atoms with Crippen LogP contribution < -0.4 is 14.2 Å². The minimum absolute atomic E-state index is 0.135. The Kier molecular flexibility index (Phi) is 5.25. The third kappa shape index (κ3) is 3.63. The second kappa shape index (κ2) is 7.35. The molecule has 0 fully saturated rings. The second-order valence-electron chi connectivity index (χ2n) is 4.69. The first-order chi connectivity index (χ1) is 11.1. The van der Waals surface area contributed by atoms with E-state index >= 15 is 0 Å². The van der Waals surface area contributed by atoms with E-state index in [0.29, 0.717) is 22.8 Å². The van der Waals surface area contributed by atoms with Crippen molar-refractivity contribution >= 4 is 17.6 Å². The van der Waals surface area contributed by atoms with E-state index in [0.717, 1.165) is 5.56 Å². The summed E-state index contributed by atoms with van der Waals surface area (Å²) in [5, 5.41) is 9.56. The van der Waals surface area contributed by atoms with Gasteiger partial charge in [0.05, 0.1) is 26.9 Å². The van der Waals surface area contributed by atoms with Crippen molar-refractivity contribution < 1.29 is 24.1 Å². The summed E-state index contributed by atoms with van der Waals surface area (Å²) in [4.78, 5) is 11.7. The number of hydrogen-bond donors (Lipinski definition) is 1. The Hall–Kier alpha value is -2.95. The Morgan fingerprint density at radius 3 is 1.96 bits per heavy atom. The SMILES string of the molecule is COc1cc(/C(=C\c2ccccc2)C(=O)O)cc(OC)c1OC. The molecule has 2 rings (SSSR count). The van der Waals surface area contributed by atoms with E-state index in [2.05, 4.69) is 0 Å². The molecule has 2 aromatic carbocycles. The van der Waals surface area contributed by atoms with Crippen LogP contribution in [0.25, 0.3) is 11.6 Å². The summed E-state index contributed by atoms with van der Waals surface area (Å²) in [5.74, 6) is 0.190. The maximum absolute atomic E-state index is 11.7. The highest BCUT2D eigenvalue weighted by atomic mass is 16.5. The lowest BCUT2D eigenvalue weighted by atomic mass is 10.0. The zero-order valence-electron chi connectivity index (χ0n) is 13.2. The molecule has 0 spiro atoms. The monoisotopic (exact) mass is 314 g/mol. The van der Waals surface area contributed by atoms with Crippen molar-refractivity contribution in [3.63, 3.8) is 0 Å². The number of carboxylic acids is 1. The second-order valence-corrected chi connectivity index (χ2v) is 4.69. The van der Waals surface area contributed by atoms with Gasteiger partial charge in [-0.05, 0) is 29.3 Å². The summed E-state index contributed by atoms with van der Waals surface area (Å²) in [6, 6.07) is 12.5. The molecule has 0 bridgehead atoms. The summed E-state index contributed by atoms with van der Waals surface area (Å²) in [5.41, 5.74) is 1.39. The molecule has 0 heterocycles. The van der Waals surface area contributed by atoms with Gasteiger partial charge in [0.15, 0.2) is 11.5 Å². The van der Waals surface area contributed by atoms with Crippen LogP contribution in [0.4, 0.5) is 0 Å². The molecule has 0 aliphatic heterocycles. The van der Waals surface area contributed by atoms with Gasteiger partial charge in [-0.1, -0.05) is 30.3 Å². The molecule has 1 N–H and O–H groups in total. The van der Waals surface area contributed by atoms with Crippen LogP contribution >= 0.6 is 0 Å². The molecule has 120 valence electrons. The minimum Gasteiger partial charge on any atom is -0.493 e. The first-order valence-corrected chi connectivity index (χ1v) is 6.91.